The second kappa shape index (κ2) is 8.70. The Morgan fingerprint density at radius 3 is 2.58 bits per heavy atom. The quantitative estimate of drug-likeness (QED) is 0.719. The Bertz CT molecular complexity index is 1070. The highest BCUT2D eigenvalue weighted by atomic mass is 32.2. The van der Waals surface area contributed by atoms with E-state index in [1.54, 1.807) is 31.0 Å². The Labute approximate surface area is 182 Å². The number of sulfonamides is 1. The first-order valence-electron chi connectivity index (χ1n) is 10.8. The fourth-order valence-electron chi connectivity index (χ4n) is 4.50. The number of piperazine rings is 1. The number of fused-ring (bicyclic) bond motifs is 1. The van der Waals surface area contributed by atoms with E-state index in [0.29, 0.717) is 32.7 Å². The minimum atomic E-state index is -3.29. The predicted octanol–water partition coefficient (Wildman–Crippen LogP) is 2.47. The highest BCUT2D eigenvalue weighted by molar-refractivity contribution is 7.89. The molecule has 9 heteroatoms. The summed E-state index contributed by atoms with van der Waals surface area (Å²) < 4.78 is 40.1. The summed E-state index contributed by atoms with van der Waals surface area (Å²) in [5, 5.41) is 0.296. The molecule has 2 aromatic rings. The fourth-order valence-corrected chi connectivity index (χ4v) is 5.77. The van der Waals surface area contributed by atoms with Gasteiger partial charge in [-0.15, -0.1) is 0 Å². The second-order valence-electron chi connectivity index (χ2n) is 8.59. The third-order valence-corrected chi connectivity index (χ3v) is 8.57. The van der Waals surface area contributed by atoms with Crippen molar-refractivity contribution in [1.82, 2.24) is 14.2 Å². The zero-order valence-electron chi connectivity index (χ0n) is 18.0. The smallest absolute Gasteiger partial charge is 0.227 e. The summed E-state index contributed by atoms with van der Waals surface area (Å²) in [6.07, 6.45) is 3.39. The zero-order chi connectivity index (χ0) is 22.2. The summed E-state index contributed by atoms with van der Waals surface area (Å²) in [5.74, 6) is -0.379. The average molecular weight is 449 g/mol. The maximum Gasteiger partial charge on any atom is 0.227 e. The molecule has 1 atom stereocenters. The lowest BCUT2D eigenvalue weighted by Gasteiger charge is -2.39. The Hall–Kier alpha value is -2.26. The van der Waals surface area contributed by atoms with Gasteiger partial charge >= 0.3 is 0 Å². The van der Waals surface area contributed by atoms with E-state index in [-0.39, 0.29) is 17.6 Å². The van der Waals surface area contributed by atoms with Gasteiger partial charge in [-0.25, -0.2) is 12.8 Å². The fraction of sp³-hybridized carbons (Fsp3) is 0.545. The van der Waals surface area contributed by atoms with Crippen LogP contribution in [0.2, 0.25) is 0 Å². The minimum Gasteiger partial charge on any atom is -0.370 e. The number of piperidine rings is 1. The number of hydrogen-bond acceptors (Lipinski definition) is 5. The van der Waals surface area contributed by atoms with Crippen LogP contribution in [0.5, 0.6) is 0 Å². The molecule has 4 rings (SSSR count). The molecule has 0 bridgehead atoms. The highest BCUT2D eigenvalue weighted by Gasteiger charge is 2.34. The number of amides is 1. The lowest BCUT2D eigenvalue weighted by molar-refractivity contribution is -0.137. The van der Waals surface area contributed by atoms with Gasteiger partial charge in [0.05, 0.1) is 16.7 Å². The number of carbonyl (C=O) groups excluding carboxylic acids is 1. The number of hydrogen-bond donors (Lipinski definition) is 0. The molecule has 168 valence electrons. The number of benzene rings is 1. The van der Waals surface area contributed by atoms with Gasteiger partial charge in [0, 0.05) is 56.5 Å². The maximum atomic E-state index is 13.8. The van der Waals surface area contributed by atoms with E-state index in [1.807, 2.05) is 6.07 Å². The van der Waals surface area contributed by atoms with Crippen LogP contribution in [-0.4, -0.2) is 73.0 Å². The normalized spacial score (nSPS) is 21.1. The summed E-state index contributed by atoms with van der Waals surface area (Å²) in [6, 6.07) is 6.45. The average Bonchev–Trinajstić information content (AvgIpc) is 2.78. The molecule has 0 spiro atoms. The van der Waals surface area contributed by atoms with Gasteiger partial charge in [-0.3, -0.25) is 9.78 Å². The van der Waals surface area contributed by atoms with Crippen molar-refractivity contribution in [2.24, 2.45) is 5.92 Å². The molecule has 7 nitrogen and oxygen atoms in total. The molecule has 2 saturated heterocycles. The molecule has 2 aliphatic rings. The molecular weight excluding hydrogens is 419 g/mol. The van der Waals surface area contributed by atoms with E-state index in [0.717, 1.165) is 36.0 Å². The van der Waals surface area contributed by atoms with Gasteiger partial charge < -0.3 is 9.80 Å². The second-order valence-corrected chi connectivity index (χ2v) is 11.1. The summed E-state index contributed by atoms with van der Waals surface area (Å²) in [5.41, 5.74) is 1.63. The van der Waals surface area contributed by atoms with Crippen LogP contribution in [0.3, 0.4) is 0 Å². The first-order chi connectivity index (χ1) is 14.8. The van der Waals surface area contributed by atoms with E-state index in [2.05, 4.69) is 9.88 Å². The van der Waals surface area contributed by atoms with Gasteiger partial charge in [0.15, 0.2) is 0 Å². The minimum absolute atomic E-state index is 0.0795. The molecule has 0 aliphatic carbocycles. The van der Waals surface area contributed by atoms with E-state index in [4.69, 9.17) is 0 Å². The molecule has 1 unspecified atom stereocenters. The lowest BCUT2D eigenvalue weighted by Crippen LogP contribution is -2.54. The third kappa shape index (κ3) is 4.39. The van der Waals surface area contributed by atoms with Gasteiger partial charge in [0.25, 0.3) is 0 Å². The molecule has 1 aromatic heterocycles. The molecule has 0 N–H and O–H groups in total. The summed E-state index contributed by atoms with van der Waals surface area (Å²) >= 11 is 0. The van der Waals surface area contributed by atoms with Crippen molar-refractivity contribution in [2.75, 3.05) is 44.2 Å². The first kappa shape index (κ1) is 22.0. The van der Waals surface area contributed by atoms with Crippen molar-refractivity contribution in [3.05, 3.63) is 36.3 Å². The number of rotatable bonds is 4. The van der Waals surface area contributed by atoms with Crippen molar-refractivity contribution in [2.45, 2.75) is 31.9 Å². The number of pyridine rings is 1. The van der Waals surface area contributed by atoms with Crippen LogP contribution in [-0.2, 0) is 14.8 Å². The SMILES string of the molecule is CC(C)S(=O)(=O)N1CCN(C(=O)C2CCCN(c3ccnc4ccc(F)cc34)C2)CC1. The number of carbonyl (C=O) groups is 1. The van der Waals surface area contributed by atoms with E-state index in [1.165, 1.54) is 16.4 Å². The Morgan fingerprint density at radius 2 is 1.87 bits per heavy atom. The molecule has 1 amide bonds. The number of halogens is 1. The van der Waals surface area contributed by atoms with Gasteiger partial charge in [0.1, 0.15) is 5.82 Å². The Balaban J connectivity index is 1.45. The van der Waals surface area contributed by atoms with Crippen LogP contribution in [0, 0.1) is 11.7 Å². The van der Waals surface area contributed by atoms with Crippen molar-refractivity contribution >= 4 is 32.5 Å². The molecule has 2 fully saturated rings. The van der Waals surface area contributed by atoms with E-state index >= 15 is 0 Å². The molecule has 31 heavy (non-hydrogen) atoms. The molecule has 3 heterocycles. The van der Waals surface area contributed by atoms with Gasteiger partial charge in [-0.1, -0.05) is 0 Å². The van der Waals surface area contributed by atoms with Crippen molar-refractivity contribution in [1.29, 1.82) is 0 Å². The highest BCUT2D eigenvalue weighted by Crippen LogP contribution is 2.30. The lowest BCUT2D eigenvalue weighted by atomic mass is 9.95. The van der Waals surface area contributed by atoms with Crippen LogP contribution in [0.15, 0.2) is 30.5 Å². The Morgan fingerprint density at radius 1 is 1.13 bits per heavy atom. The monoisotopic (exact) mass is 448 g/mol. The number of nitrogens with zero attached hydrogens (tertiary/aromatic N) is 4. The van der Waals surface area contributed by atoms with Gasteiger partial charge in [-0.2, -0.15) is 4.31 Å². The zero-order valence-corrected chi connectivity index (χ0v) is 18.8. The van der Waals surface area contributed by atoms with Gasteiger partial charge in [0.2, 0.25) is 15.9 Å². The van der Waals surface area contributed by atoms with Crippen LogP contribution >= 0.6 is 0 Å². The number of anilines is 1. The van der Waals surface area contributed by atoms with Crippen molar-refractivity contribution in [3.8, 4) is 0 Å². The first-order valence-corrected chi connectivity index (χ1v) is 12.3. The van der Waals surface area contributed by atoms with Crippen molar-refractivity contribution in [3.63, 3.8) is 0 Å². The van der Waals surface area contributed by atoms with Gasteiger partial charge in [-0.05, 0) is 51.0 Å². The van der Waals surface area contributed by atoms with E-state index in [9.17, 15) is 17.6 Å². The summed E-state index contributed by atoms with van der Waals surface area (Å²) in [4.78, 5) is 21.5. The van der Waals surface area contributed by atoms with Crippen LogP contribution in [0.1, 0.15) is 26.7 Å². The molecule has 0 radical (unpaired) electrons. The molecule has 1 aromatic carbocycles. The standard InChI is InChI=1S/C22H29FN4O3S/c1-16(2)31(29,30)27-12-10-25(11-13-27)22(28)17-4-3-9-26(15-17)21-7-8-24-20-6-5-18(23)14-19(20)21/h5-8,14,16-17H,3-4,9-13,15H2,1-2H3. The van der Waals surface area contributed by atoms with Crippen LogP contribution in [0.25, 0.3) is 10.9 Å². The molecule has 2 aliphatic heterocycles. The summed E-state index contributed by atoms with van der Waals surface area (Å²) in [7, 11) is -3.29. The predicted molar refractivity (Wildman–Crippen MR) is 119 cm³/mol. The summed E-state index contributed by atoms with van der Waals surface area (Å²) in [6.45, 7) is 6.26. The Kier molecular flexibility index (Phi) is 6.16. The number of aromatic nitrogens is 1. The van der Waals surface area contributed by atoms with E-state index < -0.39 is 15.3 Å². The van der Waals surface area contributed by atoms with Crippen LogP contribution < -0.4 is 4.90 Å². The molecular formula is C22H29FN4O3S. The maximum absolute atomic E-state index is 13.8. The van der Waals surface area contributed by atoms with Crippen molar-refractivity contribution < 1.29 is 17.6 Å². The topological polar surface area (TPSA) is 73.8 Å². The third-order valence-electron chi connectivity index (χ3n) is 6.30. The largest absolute Gasteiger partial charge is 0.370 e. The van der Waals surface area contributed by atoms with Crippen LogP contribution in [0.4, 0.5) is 10.1 Å². The molecule has 0 saturated carbocycles.